The minimum atomic E-state index is -4.11. The van der Waals surface area contributed by atoms with E-state index in [0.717, 1.165) is 23.8 Å². The van der Waals surface area contributed by atoms with Crippen molar-refractivity contribution in [2.75, 3.05) is 5.73 Å². The summed E-state index contributed by atoms with van der Waals surface area (Å²) in [5, 5.41) is 0. The molecule has 7 heteroatoms. The molecule has 0 heterocycles. The highest BCUT2D eigenvalue weighted by molar-refractivity contribution is 7.89. The number of hydrogen-bond donors (Lipinski definition) is 1. The van der Waals surface area contributed by atoms with Crippen LogP contribution in [0.2, 0.25) is 0 Å². The van der Waals surface area contributed by atoms with Crippen molar-refractivity contribution < 1.29 is 17.2 Å². The van der Waals surface area contributed by atoms with Gasteiger partial charge in [-0.05, 0) is 48.7 Å². The normalized spacial score (nSPS) is 15.1. The number of anilines is 1. The summed E-state index contributed by atoms with van der Waals surface area (Å²) < 4.78 is 54.0. The first-order valence-electron chi connectivity index (χ1n) is 7.19. The lowest BCUT2D eigenvalue weighted by atomic mass is 10.2. The van der Waals surface area contributed by atoms with Gasteiger partial charge in [-0.25, -0.2) is 17.2 Å². The zero-order valence-corrected chi connectivity index (χ0v) is 13.1. The van der Waals surface area contributed by atoms with Crippen molar-refractivity contribution in [3.63, 3.8) is 0 Å². The number of nitrogens with zero attached hydrogens (tertiary/aromatic N) is 1. The maximum Gasteiger partial charge on any atom is 0.246 e. The van der Waals surface area contributed by atoms with Gasteiger partial charge in [-0.3, -0.25) is 0 Å². The molecule has 1 aliphatic rings. The molecule has 0 saturated heterocycles. The molecule has 0 amide bonds. The predicted molar refractivity (Wildman–Crippen MR) is 83.0 cm³/mol. The summed E-state index contributed by atoms with van der Waals surface area (Å²) in [6.07, 6.45) is 1.43. The molecule has 0 aliphatic heterocycles. The number of rotatable bonds is 5. The molecule has 2 aromatic carbocycles. The Morgan fingerprint density at radius 2 is 1.74 bits per heavy atom. The van der Waals surface area contributed by atoms with Crippen LogP contribution in [-0.2, 0) is 16.6 Å². The van der Waals surface area contributed by atoms with E-state index < -0.39 is 26.6 Å². The van der Waals surface area contributed by atoms with E-state index in [-0.39, 0.29) is 12.6 Å². The van der Waals surface area contributed by atoms with Crippen molar-refractivity contribution in [3.05, 3.63) is 59.7 Å². The Hall–Kier alpha value is -1.99. The Morgan fingerprint density at radius 3 is 2.35 bits per heavy atom. The Balaban J connectivity index is 1.96. The SMILES string of the molecule is Nc1ccc(CN(C2CC2)S(=O)(=O)c2cc(F)ccc2F)cc1. The monoisotopic (exact) mass is 338 g/mol. The van der Waals surface area contributed by atoms with Gasteiger partial charge in [0.15, 0.2) is 0 Å². The number of halogens is 2. The predicted octanol–water partition coefficient (Wildman–Crippen LogP) is 2.90. The summed E-state index contributed by atoms with van der Waals surface area (Å²) in [6, 6.07) is 9.07. The molecule has 0 radical (unpaired) electrons. The van der Waals surface area contributed by atoms with E-state index in [1.54, 1.807) is 24.3 Å². The van der Waals surface area contributed by atoms with Crippen LogP contribution < -0.4 is 5.73 Å². The quantitative estimate of drug-likeness (QED) is 0.853. The second kappa shape index (κ2) is 5.90. The molecule has 0 atom stereocenters. The fourth-order valence-electron chi connectivity index (χ4n) is 2.38. The van der Waals surface area contributed by atoms with Crippen LogP contribution in [0.3, 0.4) is 0 Å². The van der Waals surface area contributed by atoms with Crippen LogP contribution in [0.15, 0.2) is 47.4 Å². The highest BCUT2D eigenvalue weighted by Crippen LogP contribution is 2.34. The third kappa shape index (κ3) is 3.35. The van der Waals surface area contributed by atoms with Crippen LogP contribution in [0.25, 0.3) is 0 Å². The molecule has 1 saturated carbocycles. The highest BCUT2D eigenvalue weighted by Gasteiger charge is 2.39. The highest BCUT2D eigenvalue weighted by atomic mass is 32.2. The Bertz CT molecular complexity index is 818. The molecule has 0 aromatic heterocycles. The summed E-state index contributed by atoms with van der Waals surface area (Å²) in [4.78, 5) is -0.625. The molecule has 3 rings (SSSR count). The molecule has 2 aromatic rings. The second-order valence-corrected chi connectivity index (χ2v) is 7.46. The fraction of sp³-hybridized carbons (Fsp3) is 0.250. The average Bonchev–Trinajstić information content (AvgIpc) is 3.33. The standard InChI is InChI=1S/C16H16F2N2O2S/c17-12-3-8-15(18)16(9-12)23(21,22)20(14-6-7-14)10-11-1-4-13(19)5-2-11/h1-5,8-9,14H,6-7,10,19H2. The average molecular weight is 338 g/mol. The van der Waals surface area contributed by atoms with E-state index in [0.29, 0.717) is 18.5 Å². The van der Waals surface area contributed by atoms with Crippen LogP contribution >= 0.6 is 0 Å². The number of hydrogen-bond acceptors (Lipinski definition) is 3. The van der Waals surface area contributed by atoms with E-state index >= 15 is 0 Å². The molecule has 1 aliphatic carbocycles. The molecular formula is C16H16F2N2O2S. The van der Waals surface area contributed by atoms with Gasteiger partial charge in [0.25, 0.3) is 0 Å². The Labute approximate surface area is 133 Å². The van der Waals surface area contributed by atoms with Gasteiger partial charge in [0.2, 0.25) is 10.0 Å². The van der Waals surface area contributed by atoms with Gasteiger partial charge < -0.3 is 5.73 Å². The van der Waals surface area contributed by atoms with Crippen molar-refractivity contribution in [2.45, 2.75) is 30.3 Å². The van der Waals surface area contributed by atoms with Crippen LogP contribution in [0, 0.1) is 11.6 Å². The first-order valence-corrected chi connectivity index (χ1v) is 8.63. The third-order valence-corrected chi connectivity index (χ3v) is 5.67. The largest absolute Gasteiger partial charge is 0.399 e. The van der Waals surface area contributed by atoms with E-state index in [9.17, 15) is 17.2 Å². The molecular weight excluding hydrogens is 322 g/mol. The lowest BCUT2D eigenvalue weighted by Crippen LogP contribution is -2.33. The Morgan fingerprint density at radius 1 is 1.09 bits per heavy atom. The topological polar surface area (TPSA) is 63.4 Å². The maximum atomic E-state index is 13.9. The zero-order valence-electron chi connectivity index (χ0n) is 12.2. The summed E-state index contributed by atoms with van der Waals surface area (Å²) in [5.74, 6) is -1.73. The van der Waals surface area contributed by atoms with Crippen LogP contribution in [0.1, 0.15) is 18.4 Å². The molecule has 0 spiro atoms. The first-order chi connectivity index (χ1) is 10.9. The summed E-state index contributed by atoms with van der Waals surface area (Å²) in [5.41, 5.74) is 6.94. The van der Waals surface area contributed by atoms with Crippen molar-refractivity contribution in [2.24, 2.45) is 0 Å². The second-order valence-electron chi connectivity index (χ2n) is 5.60. The zero-order chi connectivity index (χ0) is 16.6. The summed E-state index contributed by atoms with van der Waals surface area (Å²) >= 11 is 0. The van der Waals surface area contributed by atoms with Crippen LogP contribution in [-0.4, -0.2) is 18.8 Å². The minimum absolute atomic E-state index is 0.100. The van der Waals surface area contributed by atoms with E-state index in [2.05, 4.69) is 0 Å². The molecule has 1 fully saturated rings. The fourth-order valence-corrected chi connectivity index (χ4v) is 4.13. The molecule has 4 nitrogen and oxygen atoms in total. The molecule has 122 valence electrons. The minimum Gasteiger partial charge on any atom is -0.399 e. The molecule has 23 heavy (non-hydrogen) atoms. The summed E-state index contributed by atoms with van der Waals surface area (Å²) in [6.45, 7) is 0.100. The number of nitrogen functional groups attached to an aromatic ring is 1. The van der Waals surface area contributed by atoms with Crippen molar-refractivity contribution >= 4 is 15.7 Å². The van der Waals surface area contributed by atoms with E-state index in [1.165, 1.54) is 4.31 Å². The third-order valence-electron chi connectivity index (χ3n) is 3.75. The molecule has 0 unspecified atom stereocenters. The van der Waals surface area contributed by atoms with Gasteiger partial charge in [0.1, 0.15) is 16.5 Å². The maximum absolute atomic E-state index is 13.9. The van der Waals surface area contributed by atoms with E-state index in [1.807, 2.05) is 0 Å². The van der Waals surface area contributed by atoms with Crippen LogP contribution in [0.4, 0.5) is 14.5 Å². The summed E-state index contributed by atoms with van der Waals surface area (Å²) in [7, 11) is -4.11. The van der Waals surface area contributed by atoms with Gasteiger partial charge in [0, 0.05) is 18.3 Å². The number of benzene rings is 2. The number of nitrogens with two attached hydrogens (primary N) is 1. The van der Waals surface area contributed by atoms with Gasteiger partial charge in [0.05, 0.1) is 0 Å². The van der Waals surface area contributed by atoms with E-state index in [4.69, 9.17) is 5.73 Å². The first kappa shape index (κ1) is 15.9. The van der Waals surface area contributed by atoms with Gasteiger partial charge >= 0.3 is 0 Å². The lowest BCUT2D eigenvalue weighted by Gasteiger charge is -2.22. The lowest BCUT2D eigenvalue weighted by molar-refractivity contribution is 0.394. The molecule has 0 bridgehead atoms. The van der Waals surface area contributed by atoms with Gasteiger partial charge in [-0.15, -0.1) is 0 Å². The Kier molecular flexibility index (Phi) is 4.08. The van der Waals surface area contributed by atoms with Gasteiger partial charge in [-0.2, -0.15) is 4.31 Å². The molecule has 2 N–H and O–H groups in total. The van der Waals surface area contributed by atoms with Crippen molar-refractivity contribution in [3.8, 4) is 0 Å². The van der Waals surface area contributed by atoms with Crippen molar-refractivity contribution in [1.29, 1.82) is 0 Å². The number of sulfonamides is 1. The van der Waals surface area contributed by atoms with Gasteiger partial charge in [-0.1, -0.05) is 12.1 Å². The van der Waals surface area contributed by atoms with Crippen molar-refractivity contribution in [1.82, 2.24) is 4.31 Å². The van der Waals surface area contributed by atoms with Crippen LogP contribution in [0.5, 0.6) is 0 Å². The smallest absolute Gasteiger partial charge is 0.246 e.